The molecule has 6 nitrogen and oxygen atoms in total. The fourth-order valence-electron chi connectivity index (χ4n) is 2.50. The summed E-state index contributed by atoms with van der Waals surface area (Å²) < 4.78 is 6.52. The van der Waals surface area contributed by atoms with Crippen molar-refractivity contribution in [2.75, 3.05) is 12.4 Å². The number of carbonyl (C=O) groups excluding carboxylic acids is 2. The number of benzene rings is 1. The fourth-order valence-corrected chi connectivity index (χ4v) is 2.50. The molecule has 2 aromatic rings. The van der Waals surface area contributed by atoms with Crippen molar-refractivity contribution in [3.63, 3.8) is 0 Å². The third-order valence-electron chi connectivity index (χ3n) is 4.15. The van der Waals surface area contributed by atoms with E-state index in [0.29, 0.717) is 11.5 Å². The largest absolute Gasteiger partial charge is 0.465 e. The van der Waals surface area contributed by atoms with E-state index in [1.54, 1.807) is 36.5 Å². The van der Waals surface area contributed by atoms with Crippen molar-refractivity contribution in [1.82, 2.24) is 9.78 Å². The van der Waals surface area contributed by atoms with Gasteiger partial charge < -0.3 is 10.1 Å². The highest BCUT2D eigenvalue weighted by Gasteiger charge is 2.23. The van der Waals surface area contributed by atoms with Gasteiger partial charge in [-0.25, -0.2) is 9.48 Å². The van der Waals surface area contributed by atoms with Crippen LogP contribution in [-0.4, -0.2) is 28.8 Å². The highest BCUT2D eigenvalue weighted by atomic mass is 16.5. The van der Waals surface area contributed by atoms with Gasteiger partial charge in [-0.2, -0.15) is 5.10 Å². The van der Waals surface area contributed by atoms with Crippen LogP contribution < -0.4 is 5.32 Å². The van der Waals surface area contributed by atoms with E-state index in [1.807, 2.05) is 11.6 Å². The molecule has 130 valence electrons. The Morgan fingerprint density at radius 2 is 2.04 bits per heavy atom. The Kier molecular flexibility index (Phi) is 4.97. The summed E-state index contributed by atoms with van der Waals surface area (Å²) in [6, 6.07) is 6.85. The van der Waals surface area contributed by atoms with Crippen LogP contribution in [0.2, 0.25) is 0 Å². The number of rotatable bonds is 6. The molecule has 1 aliphatic rings. The molecule has 1 aromatic heterocycles. The minimum atomic E-state index is -0.382. The Morgan fingerprint density at radius 3 is 2.68 bits per heavy atom. The van der Waals surface area contributed by atoms with Crippen molar-refractivity contribution in [2.45, 2.75) is 26.3 Å². The van der Waals surface area contributed by atoms with Crippen LogP contribution in [0.25, 0.3) is 6.08 Å². The van der Waals surface area contributed by atoms with Crippen LogP contribution in [0.1, 0.15) is 34.3 Å². The second kappa shape index (κ2) is 7.34. The van der Waals surface area contributed by atoms with E-state index in [4.69, 9.17) is 0 Å². The molecule has 1 saturated carbocycles. The lowest BCUT2D eigenvalue weighted by Gasteiger charge is -2.08. The van der Waals surface area contributed by atoms with Crippen molar-refractivity contribution < 1.29 is 14.3 Å². The SMILES string of the molecule is COC(=O)c1ccc(/C=C\C(=O)Nc2c(C)cnn2CC2CC2)cc1. The maximum atomic E-state index is 12.2. The van der Waals surface area contributed by atoms with Gasteiger partial charge in [0.2, 0.25) is 5.91 Å². The van der Waals surface area contributed by atoms with Crippen LogP contribution in [0.3, 0.4) is 0 Å². The minimum Gasteiger partial charge on any atom is -0.465 e. The highest BCUT2D eigenvalue weighted by molar-refractivity contribution is 6.01. The van der Waals surface area contributed by atoms with Crippen molar-refractivity contribution >= 4 is 23.8 Å². The van der Waals surface area contributed by atoms with Crippen molar-refractivity contribution in [1.29, 1.82) is 0 Å². The monoisotopic (exact) mass is 339 g/mol. The van der Waals surface area contributed by atoms with Crippen molar-refractivity contribution in [2.24, 2.45) is 5.92 Å². The van der Waals surface area contributed by atoms with E-state index < -0.39 is 0 Å². The average molecular weight is 339 g/mol. The number of ether oxygens (including phenoxy) is 1. The van der Waals surface area contributed by atoms with Gasteiger partial charge >= 0.3 is 5.97 Å². The van der Waals surface area contributed by atoms with Crippen LogP contribution in [0.15, 0.2) is 36.5 Å². The summed E-state index contributed by atoms with van der Waals surface area (Å²) in [6.45, 7) is 2.78. The lowest BCUT2D eigenvalue weighted by Crippen LogP contribution is -2.14. The van der Waals surface area contributed by atoms with Crippen molar-refractivity contribution in [3.05, 3.63) is 53.2 Å². The molecule has 1 amide bonds. The van der Waals surface area contributed by atoms with Gasteiger partial charge in [0.15, 0.2) is 0 Å². The molecule has 0 unspecified atom stereocenters. The molecule has 25 heavy (non-hydrogen) atoms. The number of aryl methyl sites for hydroxylation is 1. The normalized spacial score (nSPS) is 13.8. The standard InChI is InChI=1S/C19H21N3O3/c1-13-11-20-22(12-15-3-4-15)18(13)21-17(23)10-7-14-5-8-16(9-6-14)19(24)25-2/h5-11,15H,3-4,12H2,1-2H3,(H,21,23)/b10-7-. The number of hydrogen-bond acceptors (Lipinski definition) is 4. The molecule has 1 heterocycles. The Bertz CT molecular complexity index is 802. The molecule has 0 saturated heterocycles. The lowest BCUT2D eigenvalue weighted by molar-refractivity contribution is -0.111. The Labute approximate surface area is 146 Å². The maximum Gasteiger partial charge on any atom is 0.337 e. The first-order valence-electron chi connectivity index (χ1n) is 8.26. The van der Waals surface area contributed by atoms with Crippen LogP contribution >= 0.6 is 0 Å². The molecule has 1 aromatic carbocycles. The molecule has 1 fully saturated rings. The van der Waals surface area contributed by atoms with E-state index in [2.05, 4.69) is 15.2 Å². The summed E-state index contributed by atoms with van der Waals surface area (Å²) in [7, 11) is 1.34. The minimum absolute atomic E-state index is 0.210. The summed E-state index contributed by atoms with van der Waals surface area (Å²) in [6.07, 6.45) is 7.41. The van der Waals surface area contributed by atoms with Gasteiger partial charge in [0.1, 0.15) is 5.82 Å². The number of amides is 1. The summed E-state index contributed by atoms with van der Waals surface area (Å²) in [5, 5.41) is 7.24. The molecular weight excluding hydrogens is 318 g/mol. The van der Waals surface area contributed by atoms with E-state index >= 15 is 0 Å². The number of anilines is 1. The van der Waals surface area contributed by atoms with Crippen LogP contribution in [0.5, 0.6) is 0 Å². The van der Waals surface area contributed by atoms with Gasteiger partial charge in [0.25, 0.3) is 0 Å². The summed E-state index contributed by atoms with van der Waals surface area (Å²) in [5.74, 6) is 0.840. The second-order valence-corrected chi connectivity index (χ2v) is 6.24. The van der Waals surface area contributed by atoms with Gasteiger partial charge in [0.05, 0.1) is 18.9 Å². The number of methoxy groups -OCH3 is 1. The Hall–Kier alpha value is -2.89. The lowest BCUT2D eigenvalue weighted by atomic mass is 10.1. The number of esters is 1. The molecule has 3 rings (SSSR count). The van der Waals surface area contributed by atoms with E-state index in [-0.39, 0.29) is 11.9 Å². The zero-order chi connectivity index (χ0) is 17.8. The molecule has 0 aliphatic heterocycles. The van der Waals surface area contributed by atoms with Gasteiger partial charge in [-0.1, -0.05) is 12.1 Å². The number of hydrogen-bond donors (Lipinski definition) is 1. The summed E-state index contributed by atoms with van der Waals surface area (Å²) in [5.41, 5.74) is 2.25. The molecule has 1 aliphatic carbocycles. The Morgan fingerprint density at radius 1 is 1.32 bits per heavy atom. The van der Waals surface area contributed by atoms with Gasteiger partial charge in [-0.3, -0.25) is 4.79 Å². The van der Waals surface area contributed by atoms with Crippen LogP contribution in [0, 0.1) is 12.8 Å². The molecule has 0 spiro atoms. The molecule has 1 N–H and O–H groups in total. The molecule has 0 atom stereocenters. The van der Waals surface area contributed by atoms with Gasteiger partial charge in [-0.15, -0.1) is 0 Å². The van der Waals surface area contributed by atoms with E-state index in [1.165, 1.54) is 26.0 Å². The zero-order valence-electron chi connectivity index (χ0n) is 14.4. The number of carbonyl (C=O) groups is 2. The zero-order valence-corrected chi connectivity index (χ0v) is 14.4. The number of nitrogens with zero attached hydrogens (tertiary/aromatic N) is 2. The first-order valence-corrected chi connectivity index (χ1v) is 8.26. The average Bonchev–Trinajstić information content (AvgIpc) is 3.39. The fraction of sp³-hybridized carbons (Fsp3) is 0.316. The molecule has 6 heteroatoms. The Balaban J connectivity index is 1.63. The maximum absolute atomic E-state index is 12.2. The number of nitrogens with one attached hydrogen (secondary N) is 1. The van der Waals surface area contributed by atoms with Crippen LogP contribution in [0.4, 0.5) is 5.82 Å². The van der Waals surface area contributed by atoms with Gasteiger partial charge in [-0.05, 0) is 49.5 Å². The highest BCUT2D eigenvalue weighted by Crippen LogP contribution is 2.31. The number of aromatic nitrogens is 2. The van der Waals surface area contributed by atoms with E-state index in [9.17, 15) is 9.59 Å². The van der Waals surface area contributed by atoms with Gasteiger partial charge in [0, 0.05) is 18.2 Å². The topological polar surface area (TPSA) is 73.2 Å². The summed E-state index contributed by atoms with van der Waals surface area (Å²) in [4.78, 5) is 23.6. The third-order valence-corrected chi connectivity index (χ3v) is 4.15. The molecule has 0 bridgehead atoms. The van der Waals surface area contributed by atoms with Crippen molar-refractivity contribution in [3.8, 4) is 0 Å². The molecular formula is C19H21N3O3. The predicted molar refractivity (Wildman–Crippen MR) is 95.1 cm³/mol. The van der Waals surface area contributed by atoms with E-state index in [0.717, 1.165) is 23.5 Å². The quantitative estimate of drug-likeness (QED) is 0.648. The predicted octanol–water partition coefficient (Wildman–Crippen LogP) is 3.04. The first-order chi connectivity index (χ1) is 12.1. The second-order valence-electron chi connectivity index (χ2n) is 6.24. The third kappa shape index (κ3) is 4.35. The first kappa shape index (κ1) is 17.0. The molecule has 0 radical (unpaired) electrons. The summed E-state index contributed by atoms with van der Waals surface area (Å²) >= 11 is 0. The smallest absolute Gasteiger partial charge is 0.337 e. The van der Waals surface area contributed by atoms with Crippen LogP contribution in [-0.2, 0) is 16.1 Å².